The minimum Gasteiger partial charge on any atom is -0.386 e. The summed E-state index contributed by atoms with van der Waals surface area (Å²) in [6.07, 6.45) is 7.44. The van der Waals surface area contributed by atoms with E-state index >= 15 is 0 Å². The summed E-state index contributed by atoms with van der Waals surface area (Å²) >= 11 is 0. The summed E-state index contributed by atoms with van der Waals surface area (Å²) in [5, 5.41) is 6.02. The minimum atomic E-state index is -0.709. The van der Waals surface area contributed by atoms with Gasteiger partial charge in [-0.15, -0.1) is 0 Å². The van der Waals surface area contributed by atoms with Crippen molar-refractivity contribution in [3.8, 4) is 0 Å². The van der Waals surface area contributed by atoms with Crippen molar-refractivity contribution in [1.82, 2.24) is 20.3 Å². The molecule has 10 nitrogen and oxygen atoms in total. The number of nitrogens with one attached hydrogen (secondary N) is 2. The Balaban J connectivity index is 1.82. The number of guanidine groups is 1. The molecule has 1 atom stereocenters. The van der Waals surface area contributed by atoms with Crippen molar-refractivity contribution < 1.29 is 4.79 Å². The minimum absolute atomic E-state index is 0.0494. The second kappa shape index (κ2) is 10.2. The van der Waals surface area contributed by atoms with Gasteiger partial charge in [0.2, 0.25) is 0 Å². The van der Waals surface area contributed by atoms with Gasteiger partial charge < -0.3 is 22.1 Å². The monoisotopic (exact) mass is 449 g/mol. The second-order valence-corrected chi connectivity index (χ2v) is 8.32. The highest BCUT2D eigenvalue weighted by molar-refractivity contribution is 6.05. The first-order valence-corrected chi connectivity index (χ1v) is 10.9. The molecule has 0 bridgehead atoms. The topological polar surface area (TPSA) is 157 Å². The molecular weight excluding hydrogens is 418 g/mol. The van der Waals surface area contributed by atoms with Gasteiger partial charge in [0.1, 0.15) is 17.3 Å². The number of nitrogens with zero attached hydrogens (tertiary/aromatic N) is 5. The molecule has 0 saturated heterocycles. The maximum Gasteiger partial charge on any atom is 0.298 e. The van der Waals surface area contributed by atoms with Crippen molar-refractivity contribution in [2.75, 3.05) is 18.4 Å². The highest BCUT2D eigenvalue weighted by Gasteiger charge is 2.36. The molecule has 3 rings (SSSR count). The molecule has 2 aromatic heterocycles. The first-order valence-electron chi connectivity index (χ1n) is 10.9. The van der Waals surface area contributed by atoms with E-state index in [0.29, 0.717) is 18.3 Å². The highest BCUT2D eigenvalue weighted by atomic mass is 16.1. The Hall–Kier alpha value is -3.82. The Labute approximate surface area is 193 Å². The number of aromatic nitrogens is 3. The molecule has 0 aromatic carbocycles. The third-order valence-electron chi connectivity index (χ3n) is 5.84. The van der Waals surface area contributed by atoms with Gasteiger partial charge in [-0.05, 0) is 30.9 Å². The van der Waals surface area contributed by atoms with Crippen molar-refractivity contribution in [2.45, 2.75) is 39.5 Å². The lowest BCUT2D eigenvalue weighted by molar-refractivity contribution is 0.0996. The molecule has 1 aliphatic heterocycles. The predicted octanol–water partition coefficient (Wildman–Crippen LogP) is 2.06. The van der Waals surface area contributed by atoms with Crippen molar-refractivity contribution in [2.24, 2.45) is 27.4 Å². The number of pyridine rings is 1. The first-order chi connectivity index (χ1) is 15.8. The van der Waals surface area contributed by atoms with E-state index in [-0.39, 0.29) is 17.4 Å². The molecule has 6 N–H and O–H groups in total. The quantitative estimate of drug-likeness (QED) is 0.352. The largest absolute Gasteiger partial charge is 0.386 e. The number of nitrogens with two attached hydrogens (primary N) is 2. The normalized spacial score (nSPS) is 15.8. The zero-order valence-corrected chi connectivity index (χ0v) is 19.5. The van der Waals surface area contributed by atoms with Gasteiger partial charge in [-0.3, -0.25) is 9.78 Å². The van der Waals surface area contributed by atoms with Gasteiger partial charge in [0.05, 0.1) is 30.0 Å². The van der Waals surface area contributed by atoms with Crippen molar-refractivity contribution in [3.05, 3.63) is 53.9 Å². The summed E-state index contributed by atoms with van der Waals surface area (Å²) in [5.74, 6) is 0.705. The average Bonchev–Trinajstić information content (AvgIpc) is 2.83. The molecule has 174 valence electrons. The summed E-state index contributed by atoms with van der Waals surface area (Å²) in [4.78, 5) is 34.1. The molecule has 33 heavy (non-hydrogen) atoms. The molecule has 0 spiro atoms. The lowest BCUT2D eigenvalue weighted by Gasteiger charge is -2.33. The van der Waals surface area contributed by atoms with Crippen LogP contribution >= 0.6 is 0 Å². The number of carbonyl (C=O) groups excluding carboxylic acids is 1. The fourth-order valence-electron chi connectivity index (χ4n) is 3.31. The Bertz CT molecular complexity index is 1070. The fraction of sp³-hybridized carbons (Fsp3) is 0.391. The molecule has 10 heteroatoms. The Kier molecular flexibility index (Phi) is 7.37. The molecular formula is C23H31N9O. The lowest BCUT2D eigenvalue weighted by Crippen LogP contribution is -2.43. The SMILES string of the molecule is CCCNc1cnc(C(=O)N=C(N)C(C)(c2ccc(C3=CNC(N)=NC3)nc2)C(C)C)cn1. The number of rotatable bonds is 8. The summed E-state index contributed by atoms with van der Waals surface area (Å²) in [6.45, 7) is 9.30. The maximum atomic E-state index is 12.7. The van der Waals surface area contributed by atoms with Crippen LogP contribution in [0.5, 0.6) is 0 Å². The number of anilines is 1. The molecule has 0 radical (unpaired) electrons. The second-order valence-electron chi connectivity index (χ2n) is 8.32. The molecule has 0 saturated carbocycles. The molecule has 3 heterocycles. The molecule has 0 aliphatic carbocycles. The van der Waals surface area contributed by atoms with Crippen LogP contribution in [-0.4, -0.2) is 45.7 Å². The highest BCUT2D eigenvalue weighted by Crippen LogP contribution is 2.33. The molecule has 0 fully saturated rings. The summed E-state index contributed by atoms with van der Waals surface area (Å²) < 4.78 is 0. The summed E-state index contributed by atoms with van der Waals surface area (Å²) in [6, 6.07) is 3.86. The van der Waals surface area contributed by atoms with Gasteiger partial charge in [-0.25, -0.2) is 15.0 Å². The number of carbonyl (C=O) groups is 1. The van der Waals surface area contributed by atoms with E-state index in [0.717, 1.165) is 29.8 Å². The van der Waals surface area contributed by atoms with Crippen molar-refractivity contribution in [3.63, 3.8) is 0 Å². The predicted molar refractivity (Wildman–Crippen MR) is 131 cm³/mol. The van der Waals surface area contributed by atoms with E-state index in [4.69, 9.17) is 11.5 Å². The van der Waals surface area contributed by atoms with Crippen LogP contribution in [0.25, 0.3) is 5.57 Å². The van der Waals surface area contributed by atoms with Crippen LogP contribution in [0.4, 0.5) is 5.82 Å². The Morgan fingerprint density at radius 2 is 2.03 bits per heavy atom. The van der Waals surface area contributed by atoms with Crippen LogP contribution in [0.1, 0.15) is 55.9 Å². The van der Waals surface area contributed by atoms with E-state index in [9.17, 15) is 4.79 Å². The van der Waals surface area contributed by atoms with Gasteiger partial charge in [-0.1, -0.05) is 26.8 Å². The zero-order chi connectivity index (χ0) is 24.0. The van der Waals surface area contributed by atoms with Crippen LogP contribution in [0.3, 0.4) is 0 Å². The number of aliphatic imine (C=N–C) groups is 2. The third-order valence-corrected chi connectivity index (χ3v) is 5.84. The van der Waals surface area contributed by atoms with E-state index in [1.807, 2.05) is 32.9 Å². The maximum absolute atomic E-state index is 12.7. The Morgan fingerprint density at radius 3 is 2.58 bits per heavy atom. The number of amides is 1. The number of hydrogen-bond donors (Lipinski definition) is 4. The smallest absolute Gasteiger partial charge is 0.298 e. The van der Waals surface area contributed by atoms with Gasteiger partial charge in [0.15, 0.2) is 5.96 Å². The Morgan fingerprint density at radius 1 is 1.24 bits per heavy atom. The number of hydrogen-bond acceptors (Lipinski definition) is 8. The van der Waals surface area contributed by atoms with E-state index in [1.54, 1.807) is 12.4 Å². The van der Waals surface area contributed by atoms with Crippen molar-refractivity contribution in [1.29, 1.82) is 0 Å². The summed E-state index contributed by atoms with van der Waals surface area (Å²) in [5.41, 5.74) is 14.0. The van der Waals surface area contributed by atoms with E-state index in [1.165, 1.54) is 12.4 Å². The molecule has 1 unspecified atom stereocenters. The standard InChI is InChI=1S/C23H31N9O/c1-5-8-26-19-13-28-18(12-29-19)20(33)32-21(24)23(4,14(2)3)16-6-7-17(27-11-16)15-9-30-22(25)31-10-15/h6-7,9,11-14H,5,8,10H2,1-4H3,(H,26,29)(H2,24,32,33)(H3,25,30,31). The van der Waals surface area contributed by atoms with Gasteiger partial charge in [0, 0.05) is 24.5 Å². The van der Waals surface area contributed by atoms with Crippen LogP contribution in [0.2, 0.25) is 0 Å². The van der Waals surface area contributed by atoms with Crippen LogP contribution in [-0.2, 0) is 5.41 Å². The lowest BCUT2D eigenvalue weighted by atomic mass is 9.73. The van der Waals surface area contributed by atoms with E-state index in [2.05, 4.69) is 42.5 Å². The van der Waals surface area contributed by atoms with E-state index < -0.39 is 11.3 Å². The molecule has 2 aromatic rings. The van der Waals surface area contributed by atoms with Gasteiger partial charge >= 0.3 is 0 Å². The van der Waals surface area contributed by atoms with Gasteiger partial charge in [-0.2, -0.15) is 4.99 Å². The van der Waals surface area contributed by atoms with Crippen molar-refractivity contribution >= 4 is 29.1 Å². The van der Waals surface area contributed by atoms with Crippen LogP contribution < -0.4 is 22.1 Å². The third kappa shape index (κ3) is 5.33. The average molecular weight is 450 g/mol. The zero-order valence-electron chi connectivity index (χ0n) is 19.5. The van der Waals surface area contributed by atoms with Crippen LogP contribution in [0, 0.1) is 5.92 Å². The summed E-state index contributed by atoms with van der Waals surface area (Å²) in [7, 11) is 0. The fourth-order valence-corrected chi connectivity index (χ4v) is 3.31. The molecule has 1 aliphatic rings. The van der Waals surface area contributed by atoms with Crippen LogP contribution in [0.15, 0.2) is 46.9 Å². The number of amidine groups is 1. The molecule has 1 amide bonds. The van der Waals surface area contributed by atoms with Gasteiger partial charge in [0.25, 0.3) is 5.91 Å². The first kappa shape index (κ1) is 23.8.